The second-order valence-electron chi connectivity index (χ2n) is 11.9. The number of rotatable bonds is 18. The lowest BCUT2D eigenvalue weighted by Crippen LogP contribution is -2.44. The SMILES string of the molecule is CN(CCCNC(=O)CNC(=O)CNC(=O)CNC(=O)O)CCCNc1nc(Cc2ccccc2)nc2[nH]c3cc(-c4nnn(C)n4)ccc3c12. The van der Waals surface area contributed by atoms with Crippen molar-refractivity contribution >= 4 is 51.6 Å². The van der Waals surface area contributed by atoms with Crippen LogP contribution in [-0.4, -0.2) is 122 Å². The highest BCUT2D eigenvalue weighted by Crippen LogP contribution is 2.32. The van der Waals surface area contributed by atoms with E-state index in [4.69, 9.17) is 15.1 Å². The molecule has 0 spiro atoms. The van der Waals surface area contributed by atoms with Gasteiger partial charge in [0.2, 0.25) is 23.5 Å². The third-order valence-corrected chi connectivity index (χ3v) is 7.81. The highest BCUT2D eigenvalue weighted by molar-refractivity contribution is 6.11. The lowest BCUT2D eigenvalue weighted by atomic mass is 10.1. The van der Waals surface area contributed by atoms with Gasteiger partial charge in [-0.25, -0.2) is 14.8 Å². The maximum absolute atomic E-state index is 12.1. The zero-order valence-corrected chi connectivity index (χ0v) is 28.4. The van der Waals surface area contributed by atoms with Crippen LogP contribution in [-0.2, 0) is 27.9 Å². The van der Waals surface area contributed by atoms with E-state index in [-0.39, 0.29) is 19.0 Å². The van der Waals surface area contributed by atoms with E-state index in [9.17, 15) is 19.2 Å². The van der Waals surface area contributed by atoms with Crippen LogP contribution in [0.4, 0.5) is 10.6 Å². The Morgan fingerprint density at radius 1 is 0.863 bits per heavy atom. The molecule has 0 aliphatic carbocycles. The fourth-order valence-electron chi connectivity index (χ4n) is 5.32. The molecule has 3 heterocycles. The van der Waals surface area contributed by atoms with Crippen LogP contribution >= 0.6 is 0 Å². The molecule has 0 saturated carbocycles. The van der Waals surface area contributed by atoms with E-state index in [1.54, 1.807) is 7.05 Å². The van der Waals surface area contributed by atoms with Crippen LogP contribution in [0.5, 0.6) is 0 Å². The Kier molecular flexibility index (Phi) is 12.4. The van der Waals surface area contributed by atoms with Crippen molar-refractivity contribution < 1.29 is 24.3 Å². The molecule has 51 heavy (non-hydrogen) atoms. The Labute approximate surface area is 292 Å². The molecule has 0 saturated heterocycles. The van der Waals surface area contributed by atoms with E-state index in [0.717, 1.165) is 58.4 Å². The summed E-state index contributed by atoms with van der Waals surface area (Å²) in [6.45, 7) is 1.63. The summed E-state index contributed by atoms with van der Waals surface area (Å²) in [7, 11) is 3.75. The maximum Gasteiger partial charge on any atom is 0.405 e. The van der Waals surface area contributed by atoms with Crippen molar-refractivity contribution in [3.8, 4) is 11.4 Å². The van der Waals surface area contributed by atoms with E-state index in [1.807, 2.05) is 48.8 Å². The summed E-state index contributed by atoms with van der Waals surface area (Å²) in [6, 6.07) is 16.1. The Bertz CT molecular complexity index is 1980. The van der Waals surface area contributed by atoms with Gasteiger partial charge in [-0.3, -0.25) is 14.4 Å². The number of H-pyrrole nitrogens is 1. The van der Waals surface area contributed by atoms with Crippen molar-refractivity contribution in [2.24, 2.45) is 7.05 Å². The van der Waals surface area contributed by atoms with Gasteiger partial charge in [0.25, 0.3) is 0 Å². The Morgan fingerprint density at radius 2 is 1.55 bits per heavy atom. The molecule has 0 fully saturated rings. The summed E-state index contributed by atoms with van der Waals surface area (Å²) in [4.78, 5) is 62.7. The third-order valence-electron chi connectivity index (χ3n) is 7.81. The quantitative estimate of drug-likeness (QED) is 0.0624. The molecule has 4 amide bonds. The summed E-state index contributed by atoms with van der Waals surface area (Å²) in [5, 5.41) is 35.7. The van der Waals surface area contributed by atoms with Gasteiger partial charge in [-0.1, -0.05) is 42.5 Å². The molecule has 0 aliphatic rings. The van der Waals surface area contributed by atoms with Crippen LogP contribution in [0.3, 0.4) is 0 Å². The second-order valence-corrected chi connectivity index (χ2v) is 11.9. The van der Waals surface area contributed by atoms with Gasteiger partial charge in [-0.2, -0.15) is 4.80 Å². The molecule has 5 aromatic rings. The molecule has 5 rings (SSSR count). The minimum absolute atomic E-state index is 0.233. The topological polar surface area (TPSA) is 237 Å². The zero-order valence-electron chi connectivity index (χ0n) is 28.4. The molecular formula is C33H41N13O5. The number of benzene rings is 2. The van der Waals surface area contributed by atoms with Crippen molar-refractivity contribution in [2.75, 3.05) is 58.2 Å². The average molecular weight is 700 g/mol. The molecular weight excluding hydrogens is 658 g/mol. The van der Waals surface area contributed by atoms with Crippen LogP contribution in [0.1, 0.15) is 24.2 Å². The van der Waals surface area contributed by atoms with Gasteiger partial charge >= 0.3 is 6.09 Å². The van der Waals surface area contributed by atoms with Gasteiger partial charge in [-0.15, -0.1) is 10.2 Å². The van der Waals surface area contributed by atoms with Gasteiger partial charge in [0.1, 0.15) is 17.3 Å². The van der Waals surface area contributed by atoms with Crippen LogP contribution in [0.15, 0.2) is 48.5 Å². The van der Waals surface area contributed by atoms with Crippen molar-refractivity contribution in [3.05, 3.63) is 59.9 Å². The summed E-state index contributed by atoms with van der Waals surface area (Å²) < 4.78 is 0. The number of amides is 4. The number of fused-ring (bicyclic) bond motifs is 3. The smallest absolute Gasteiger partial charge is 0.405 e. The summed E-state index contributed by atoms with van der Waals surface area (Å²) in [5.74, 6) is 0.436. The van der Waals surface area contributed by atoms with Gasteiger partial charge < -0.3 is 41.6 Å². The summed E-state index contributed by atoms with van der Waals surface area (Å²) >= 11 is 0. The molecule has 0 atom stereocenters. The van der Waals surface area contributed by atoms with Crippen LogP contribution in [0.25, 0.3) is 33.3 Å². The first-order valence-corrected chi connectivity index (χ1v) is 16.4. The zero-order chi connectivity index (χ0) is 36.2. The van der Waals surface area contributed by atoms with Crippen LogP contribution in [0.2, 0.25) is 0 Å². The Morgan fingerprint density at radius 3 is 2.24 bits per heavy atom. The van der Waals surface area contributed by atoms with Gasteiger partial charge in [-0.05, 0) is 49.8 Å². The molecule has 0 unspecified atom stereocenters. The van der Waals surface area contributed by atoms with Crippen LogP contribution < -0.4 is 26.6 Å². The second kappa shape index (κ2) is 17.5. The van der Waals surface area contributed by atoms with Crippen molar-refractivity contribution in [1.82, 2.24) is 61.3 Å². The number of tetrazole rings is 1. The lowest BCUT2D eigenvalue weighted by molar-refractivity contribution is -0.127. The molecule has 0 bridgehead atoms. The number of nitrogens with zero attached hydrogens (tertiary/aromatic N) is 7. The summed E-state index contributed by atoms with van der Waals surface area (Å²) in [6.07, 6.45) is 0.811. The Hall–Kier alpha value is -6.17. The normalized spacial score (nSPS) is 11.1. The molecule has 7 N–H and O–H groups in total. The molecule has 18 nitrogen and oxygen atoms in total. The highest BCUT2D eigenvalue weighted by Gasteiger charge is 2.16. The highest BCUT2D eigenvalue weighted by atomic mass is 16.4. The van der Waals surface area contributed by atoms with Gasteiger partial charge in [0.05, 0.1) is 32.1 Å². The minimum Gasteiger partial charge on any atom is -0.465 e. The number of aromatic nitrogens is 7. The lowest BCUT2D eigenvalue weighted by Gasteiger charge is -2.17. The van der Waals surface area contributed by atoms with E-state index in [0.29, 0.717) is 37.6 Å². The number of hydrogen-bond acceptors (Lipinski definition) is 11. The standard InChI is InChI=1S/C33H41N13O5/c1-45(14-6-12-34-26(47)18-36-27(48)19-37-28(49)20-38-33(50)51)15-7-13-35-31-29-23-11-10-22(30-42-44-46(2)43-30)17-24(23)39-32(29)41-25(40-31)16-21-8-4-3-5-9-21/h3-5,8-11,17,38H,6-7,12-16,18-20H2,1-2H3,(H,34,47)(H,36,48)(H,37,49)(H,50,51)(H2,35,39,40,41). The first-order valence-electron chi connectivity index (χ1n) is 16.4. The number of hydrogen-bond donors (Lipinski definition) is 7. The molecule has 18 heteroatoms. The van der Waals surface area contributed by atoms with E-state index < -0.39 is 24.5 Å². The minimum atomic E-state index is -1.34. The molecule has 0 radical (unpaired) electrons. The van der Waals surface area contributed by atoms with E-state index >= 15 is 0 Å². The largest absolute Gasteiger partial charge is 0.465 e. The first kappa shape index (κ1) is 36.1. The van der Waals surface area contributed by atoms with Crippen molar-refractivity contribution in [3.63, 3.8) is 0 Å². The number of carbonyl (C=O) groups excluding carboxylic acids is 3. The number of nitrogens with one attached hydrogen (secondary N) is 6. The number of aryl methyl sites for hydroxylation is 1. The number of carboxylic acid groups (broad SMARTS) is 1. The number of carbonyl (C=O) groups is 4. The van der Waals surface area contributed by atoms with Gasteiger partial charge in [0, 0.05) is 36.0 Å². The monoisotopic (exact) mass is 699 g/mol. The maximum atomic E-state index is 12.1. The number of aromatic amines is 1. The first-order chi connectivity index (χ1) is 24.6. The predicted molar refractivity (Wildman–Crippen MR) is 189 cm³/mol. The third kappa shape index (κ3) is 10.7. The predicted octanol–water partition coefficient (Wildman–Crippen LogP) is 0.633. The molecule has 2 aromatic carbocycles. The fourth-order valence-corrected chi connectivity index (χ4v) is 5.32. The summed E-state index contributed by atoms with van der Waals surface area (Å²) in [5.41, 5.74) is 3.60. The van der Waals surface area contributed by atoms with Crippen LogP contribution in [0, 0.1) is 0 Å². The van der Waals surface area contributed by atoms with Crippen molar-refractivity contribution in [1.29, 1.82) is 0 Å². The van der Waals surface area contributed by atoms with Crippen molar-refractivity contribution in [2.45, 2.75) is 19.3 Å². The molecule has 3 aromatic heterocycles. The van der Waals surface area contributed by atoms with E-state index in [2.05, 4.69) is 58.7 Å². The average Bonchev–Trinajstić information content (AvgIpc) is 3.72. The van der Waals surface area contributed by atoms with Gasteiger partial charge in [0.15, 0.2) is 0 Å². The Balaban J connectivity index is 1.09. The molecule has 0 aliphatic heterocycles. The number of anilines is 1. The molecule has 268 valence electrons. The fraction of sp³-hybridized carbons (Fsp3) is 0.364. The van der Waals surface area contributed by atoms with E-state index in [1.165, 1.54) is 4.80 Å².